The van der Waals surface area contributed by atoms with Crippen LogP contribution in [0.4, 0.5) is 0 Å². The number of hydrogen-bond acceptors (Lipinski definition) is 8. The van der Waals surface area contributed by atoms with Gasteiger partial charge in [-0.15, -0.1) is 0 Å². The molecule has 3 rings (SSSR count). The van der Waals surface area contributed by atoms with Crippen molar-refractivity contribution in [3.05, 3.63) is 36.0 Å². The van der Waals surface area contributed by atoms with Gasteiger partial charge in [-0.1, -0.05) is 30.7 Å². The zero-order chi connectivity index (χ0) is 27.9. The van der Waals surface area contributed by atoms with E-state index in [4.69, 9.17) is 23.7 Å². The van der Waals surface area contributed by atoms with E-state index in [1.807, 2.05) is 13.0 Å². The largest absolute Gasteiger partial charge is 0.469 e. The second kappa shape index (κ2) is 13.5. The van der Waals surface area contributed by atoms with E-state index >= 15 is 0 Å². The SMILES string of the molecule is COC(=O)C[C@@H]1C[C@@]2(CO2)C[C@@H](C=CC(C)=CC[C@@H]2O[C@H](C)[C@H](NC(=O)C=C[C@H](C)OC(C)=O)C[C@@H]2C)O1. The molecule has 212 valence electrons. The number of methoxy groups -OCH3 is 1. The van der Waals surface area contributed by atoms with Crippen molar-refractivity contribution in [3.8, 4) is 0 Å². The molecule has 1 N–H and O–H groups in total. The smallest absolute Gasteiger partial charge is 0.308 e. The van der Waals surface area contributed by atoms with Crippen molar-refractivity contribution < 1.29 is 38.1 Å². The quantitative estimate of drug-likeness (QED) is 0.196. The fourth-order valence-electron chi connectivity index (χ4n) is 5.15. The van der Waals surface area contributed by atoms with Gasteiger partial charge in [0.15, 0.2) is 0 Å². The average Bonchev–Trinajstić information content (AvgIpc) is 3.59. The Kier molecular flexibility index (Phi) is 10.7. The predicted molar refractivity (Wildman–Crippen MR) is 141 cm³/mol. The van der Waals surface area contributed by atoms with E-state index in [0.29, 0.717) is 6.61 Å². The van der Waals surface area contributed by atoms with Gasteiger partial charge < -0.3 is 29.0 Å². The van der Waals surface area contributed by atoms with E-state index in [1.165, 1.54) is 20.1 Å². The summed E-state index contributed by atoms with van der Waals surface area (Å²) in [6, 6.07) is -0.0919. The minimum atomic E-state index is -0.459. The van der Waals surface area contributed by atoms with E-state index < -0.39 is 6.10 Å². The van der Waals surface area contributed by atoms with Crippen LogP contribution >= 0.6 is 0 Å². The highest BCUT2D eigenvalue weighted by atomic mass is 16.6. The molecule has 0 aromatic heterocycles. The number of carbonyl (C=O) groups excluding carboxylic acids is 3. The predicted octanol–water partition coefficient (Wildman–Crippen LogP) is 3.56. The summed E-state index contributed by atoms with van der Waals surface area (Å²) in [6.45, 7) is 9.93. The number of epoxide rings is 1. The number of esters is 2. The Balaban J connectivity index is 1.47. The lowest BCUT2D eigenvalue weighted by Gasteiger charge is -2.39. The highest BCUT2D eigenvalue weighted by Gasteiger charge is 2.51. The monoisotopic (exact) mass is 533 g/mol. The molecule has 0 unspecified atom stereocenters. The summed E-state index contributed by atoms with van der Waals surface area (Å²) in [5, 5.41) is 3.01. The van der Waals surface area contributed by atoms with Crippen LogP contribution in [0, 0.1) is 5.92 Å². The molecule has 1 spiro atoms. The molecule has 3 saturated heterocycles. The molecule has 9 heteroatoms. The number of ether oxygens (including phenoxy) is 5. The van der Waals surface area contributed by atoms with Crippen molar-refractivity contribution >= 4 is 17.8 Å². The van der Waals surface area contributed by atoms with Gasteiger partial charge in [0, 0.05) is 25.8 Å². The fraction of sp³-hybridized carbons (Fsp3) is 0.690. The standard InChI is InChI=1S/C29H43NO8/c1-18(7-10-23-15-29(17-35-29)16-24(38-23)14-28(33)34-6)8-11-26-19(2)13-25(21(4)37-26)30-27(32)12-9-20(3)36-22(5)31/h7-10,12,19-21,23-26H,11,13-17H2,1-6H3,(H,30,32)/t19-,20-,21+,23+,24+,25+,26-,29+/m0/s1. The molecule has 0 aliphatic carbocycles. The van der Waals surface area contributed by atoms with E-state index in [-0.39, 0.29) is 66.2 Å². The van der Waals surface area contributed by atoms with Crippen LogP contribution in [0.25, 0.3) is 0 Å². The number of rotatable bonds is 10. The number of carbonyl (C=O) groups is 3. The summed E-state index contributed by atoms with van der Waals surface area (Å²) in [5.74, 6) is -0.618. The minimum absolute atomic E-state index is 0.0551. The van der Waals surface area contributed by atoms with E-state index in [2.05, 4.69) is 31.3 Å². The molecule has 0 aromatic carbocycles. The lowest BCUT2D eigenvalue weighted by molar-refractivity contribution is -0.147. The van der Waals surface area contributed by atoms with Crippen LogP contribution in [0.2, 0.25) is 0 Å². The molecule has 1 amide bonds. The summed E-state index contributed by atoms with van der Waals surface area (Å²) in [6.07, 6.45) is 11.7. The van der Waals surface area contributed by atoms with Crippen LogP contribution < -0.4 is 5.32 Å². The van der Waals surface area contributed by atoms with E-state index in [9.17, 15) is 14.4 Å². The van der Waals surface area contributed by atoms with Gasteiger partial charge in [-0.3, -0.25) is 14.4 Å². The van der Waals surface area contributed by atoms with E-state index in [0.717, 1.165) is 31.3 Å². The third-order valence-electron chi connectivity index (χ3n) is 7.38. The first-order chi connectivity index (χ1) is 18.0. The molecule has 9 nitrogen and oxygen atoms in total. The summed E-state index contributed by atoms with van der Waals surface area (Å²) in [5.41, 5.74) is 0.952. The second-order valence-electron chi connectivity index (χ2n) is 10.9. The summed E-state index contributed by atoms with van der Waals surface area (Å²) in [7, 11) is 1.39. The fourth-order valence-corrected chi connectivity index (χ4v) is 5.15. The maximum absolute atomic E-state index is 12.3. The zero-order valence-electron chi connectivity index (χ0n) is 23.4. The van der Waals surface area contributed by atoms with Crippen LogP contribution in [0.15, 0.2) is 36.0 Å². The molecule has 8 atom stereocenters. The van der Waals surface area contributed by atoms with Crippen LogP contribution in [-0.2, 0) is 38.1 Å². The summed E-state index contributed by atoms with van der Waals surface area (Å²) >= 11 is 0. The van der Waals surface area contributed by atoms with Crippen molar-refractivity contribution in [1.82, 2.24) is 5.32 Å². The summed E-state index contributed by atoms with van der Waals surface area (Å²) in [4.78, 5) is 35.0. The van der Waals surface area contributed by atoms with Crippen molar-refractivity contribution in [1.29, 1.82) is 0 Å². The van der Waals surface area contributed by atoms with Crippen LogP contribution in [-0.4, -0.2) is 73.7 Å². The van der Waals surface area contributed by atoms with Crippen molar-refractivity contribution in [3.63, 3.8) is 0 Å². The summed E-state index contributed by atoms with van der Waals surface area (Å²) < 4.78 is 27.9. The topological polar surface area (TPSA) is 113 Å². The first kappa shape index (κ1) is 30.1. The molecule has 0 saturated carbocycles. The molecule has 38 heavy (non-hydrogen) atoms. The van der Waals surface area contributed by atoms with E-state index in [1.54, 1.807) is 13.0 Å². The highest BCUT2D eigenvalue weighted by Crippen LogP contribution is 2.43. The van der Waals surface area contributed by atoms with Gasteiger partial charge in [-0.05, 0) is 45.6 Å². The number of hydrogen-bond donors (Lipinski definition) is 1. The molecule has 3 fully saturated rings. The Labute approximate surface area is 225 Å². The van der Waals surface area contributed by atoms with Crippen molar-refractivity contribution in [2.24, 2.45) is 5.92 Å². The van der Waals surface area contributed by atoms with Gasteiger partial charge in [0.2, 0.25) is 5.91 Å². The Bertz CT molecular complexity index is 937. The van der Waals surface area contributed by atoms with Gasteiger partial charge in [0.25, 0.3) is 0 Å². The van der Waals surface area contributed by atoms with Crippen LogP contribution in [0.5, 0.6) is 0 Å². The van der Waals surface area contributed by atoms with Gasteiger partial charge in [-0.2, -0.15) is 0 Å². The molecular formula is C29H43NO8. The van der Waals surface area contributed by atoms with Crippen molar-refractivity contribution in [2.45, 2.75) is 109 Å². The Hall–Kier alpha value is -2.49. The van der Waals surface area contributed by atoms with Gasteiger partial charge in [0.05, 0.1) is 56.2 Å². The Morgan fingerprint density at radius 3 is 2.53 bits per heavy atom. The van der Waals surface area contributed by atoms with Crippen LogP contribution in [0.3, 0.4) is 0 Å². The molecule has 3 heterocycles. The molecule has 3 aliphatic rings. The van der Waals surface area contributed by atoms with Gasteiger partial charge >= 0.3 is 11.9 Å². The molecule has 3 aliphatic heterocycles. The average molecular weight is 534 g/mol. The van der Waals surface area contributed by atoms with Gasteiger partial charge in [0.1, 0.15) is 6.10 Å². The second-order valence-corrected chi connectivity index (χ2v) is 10.9. The molecule has 0 aromatic rings. The van der Waals surface area contributed by atoms with Crippen molar-refractivity contribution in [2.75, 3.05) is 13.7 Å². The number of nitrogens with one attached hydrogen (secondary N) is 1. The lowest BCUT2D eigenvalue weighted by Crippen LogP contribution is -2.50. The highest BCUT2D eigenvalue weighted by molar-refractivity contribution is 5.87. The third kappa shape index (κ3) is 9.36. The number of amides is 1. The van der Waals surface area contributed by atoms with Crippen LogP contribution in [0.1, 0.15) is 66.7 Å². The molecular weight excluding hydrogens is 490 g/mol. The Morgan fingerprint density at radius 2 is 1.87 bits per heavy atom. The number of allylic oxidation sites excluding steroid dienone is 2. The maximum Gasteiger partial charge on any atom is 0.308 e. The van der Waals surface area contributed by atoms with Gasteiger partial charge in [-0.25, -0.2) is 0 Å². The maximum atomic E-state index is 12.3. The molecule has 0 bridgehead atoms. The first-order valence-corrected chi connectivity index (χ1v) is 13.5. The zero-order valence-corrected chi connectivity index (χ0v) is 23.4. The lowest BCUT2D eigenvalue weighted by atomic mass is 9.88. The first-order valence-electron chi connectivity index (χ1n) is 13.5. The normalized spacial score (nSPS) is 34.3. The minimum Gasteiger partial charge on any atom is -0.469 e. The molecule has 0 radical (unpaired) electrons. The Morgan fingerprint density at radius 1 is 1.13 bits per heavy atom. The third-order valence-corrected chi connectivity index (χ3v) is 7.38.